The molecule has 1 heterocycles. The van der Waals surface area contributed by atoms with E-state index in [9.17, 15) is 14.9 Å². The Kier molecular flexibility index (Phi) is 7.20. The maximum absolute atomic E-state index is 12.4. The molecule has 1 amide bonds. The molecule has 2 aromatic carbocycles. The van der Waals surface area contributed by atoms with Crippen LogP contribution in [0.2, 0.25) is 0 Å². The third-order valence-electron chi connectivity index (χ3n) is 3.96. The molecule has 9 heteroatoms. The molecule has 0 saturated heterocycles. The van der Waals surface area contributed by atoms with Crippen LogP contribution in [0, 0.1) is 17.0 Å². The lowest BCUT2D eigenvalue weighted by Gasteiger charge is -2.08. The second-order valence-corrected chi connectivity index (χ2v) is 8.35. The second-order valence-electron chi connectivity index (χ2n) is 6.20. The molecule has 0 radical (unpaired) electrons. The molecule has 7 nitrogen and oxygen atoms in total. The number of aromatic nitrogens is 1. The summed E-state index contributed by atoms with van der Waals surface area (Å²) in [5.74, 6) is -0.325. The number of benzene rings is 2. The van der Waals surface area contributed by atoms with Gasteiger partial charge in [-0.1, -0.05) is 30.0 Å². The summed E-state index contributed by atoms with van der Waals surface area (Å²) in [6, 6.07) is 14.3. The van der Waals surface area contributed by atoms with Gasteiger partial charge in [0.2, 0.25) is 0 Å². The van der Waals surface area contributed by atoms with Gasteiger partial charge in [-0.3, -0.25) is 14.9 Å². The highest BCUT2D eigenvalue weighted by molar-refractivity contribution is 8.01. The van der Waals surface area contributed by atoms with E-state index in [0.717, 1.165) is 22.1 Å². The smallest absolute Gasteiger partial charge is 0.284 e. The van der Waals surface area contributed by atoms with Crippen LogP contribution in [0.15, 0.2) is 63.1 Å². The first-order chi connectivity index (χ1) is 14.0. The van der Waals surface area contributed by atoms with Crippen LogP contribution in [-0.4, -0.2) is 28.9 Å². The lowest BCUT2D eigenvalue weighted by atomic mass is 10.2. The fourth-order valence-corrected chi connectivity index (χ4v) is 4.42. The van der Waals surface area contributed by atoms with Crippen LogP contribution in [0.4, 0.5) is 11.4 Å². The van der Waals surface area contributed by atoms with Crippen molar-refractivity contribution in [3.63, 3.8) is 0 Å². The van der Waals surface area contributed by atoms with Gasteiger partial charge >= 0.3 is 0 Å². The van der Waals surface area contributed by atoms with E-state index in [1.54, 1.807) is 12.1 Å². The number of anilines is 1. The average Bonchev–Trinajstić information content (AvgIpc) is 3.13. The predicted molar refractivity (Wildman–Crippen MR) is 116 cm³/mol. The molecule has 2 N–H and O–H groups in total. The maximum atomic E-state index is 12.4. The first-order valence-electron chi connectivity index (χ1n) is 8.98. The number of rotatable bonds is 9. The van der Waals surface area contributed by atoms with Crippen molar-refractivity contribution < 1.29 is 9.72 Å². The lowest BCUT2D eigenvalue weighted by Crippen LogP contribution is -2.25. The number of nitrogens with one attached hydrogen (secondary N) is 2. The van der Waals surface area contributed by atoms with E-state index in [-0.39, 0.29) is 17.2 Å². The Labute approximate surface area is 176 Å². The van der Waals surface area contributed by atoms with E-state index in [2.05, 4.69) is 15.6 Å². The number of amides is 1. The van der Waals surface area contributed by atoms with Crippen molar-refractivity contribution in [3.05, 3.63) is 75.3 Å². The van der Waals surface area contributed by atoms with Crippen LogP contribution < -0.4 is 10.6 Å². The number of thiazole rings is 1. The Balaban J connectivity index is 1.55. The number of hydrogen-bond acceptors (Lipinski definition) is 7. The summed E-state index contributed by atoms with van der Waals surface area (Å²) in [5, 5.41) is 19.4. The summed E-state index contributed by atoms with van der Waals surface area (Å²) in [4.78, 5) is 28.1. The van der Waals surface area contributed by atoms with E-state index < -0.39 is 4.92 Å². The minimum atomic E-state index is -0.469. The monoisotopic (exact) mass is 428 g/mol. The Morgan fingerprint density at radius 3 is 2.69 bits per heavy atom. The van der Waals surface area contributed by atoms with Crippen molar-refractivity contribution in [1.29, 1.82) is 0 Å². The maximum Gasteiger partial charge on any atom is 0.284 e. The number of para-hydroxylation sites is 1. The van der Waals surface area contributed by atoms with Crippen LogP contribution in [0.3, 0.4) is 0 Å². The highest BCUT2D eigenvalue weighted by Gasteiger charge is 2.19. The zero-order valence-corrected chi connectivity index (χ0v) is 17.4. The minimum absolute atomic E-state index is 0.0961. The number of hydrogen-bond donors (Lipinski definition) is 2. The standard InChI is InChI=1S/C20H20N4O3S2/c1-14-13-28-20(23-14)29-18-9-8-15(12-17(18)24(26)27)19(25)22-11-5-10-21-16-6-3-2-4-7-16/h2-4,6-9,12-13,21H,5,10-11H2,1H3,(H,22,25). The van der Waals surface area contributed by atoms with Crippen molar-refractivity contribution >= 4 is 40.4 Å². The highest BCUT2D eigenvalue weighted by atomic mass is 32.2. The van der Waals surface area contributed by atoms with Gasteiger partial charge < -0.3 is 10.6 Å². The first kappa shape index (κ1) is 20.8. The van der Waals surface area contributed by atoms with E-state index in [0.29, 0.717) is 18.0 Å². The highest BCUT2D eigenvalue weighted by Crippen LogP contribution is 2.36. The van der Waals surface area contributed by atoms with Crippen molar-refractivity contribution in [2.75, 3.05) is 18.4 Å². The molecular weight excluding hydrogens is 408 g/mol. The van der Waals surface area contributed by atoms with Crippen LogP contribution in [0.25, 0.3) is 0 Å². The molecule has 0 aliphatic heterocycles. The van der Waals surface area contributed by atoms with Crippen molar-refractivity contribution in [2.45, 2.75) is 22.6 Å². The molecule has 150 valence electrons. The summed E-state index contributed by atoms with van der Waals surface area (Å²) in [7, 11) is 0. The normalized spacial score (nSPS) is 10.5. The molecule has 0 atom stereocenters. The summed E-state index contributed by atoms with van der Waals surface area (Å²) >= 11 is 2.67. The predicted octanol–water partition coefficient (Wildman–Crippen LogP) is 4.74. The molecule has 0 aliphatic rings. The Morgan fingerprint density at radius 2 is 2.00 bits per heavy atom. The summed E-state index contributed by atoms with van der Waals surface area (Å²) in [6.07, 6.45) is 0.736. The fraction of sp³-hybridized carbons (Fsp3) is 0.200. The number of nitro groups is 1. The van der Waals surface area contributed by atoms with Gasteiger partial charge in [0, 0.05) is 41.5 Å². The molecule has 0 bridgehead atoms. The van der Waals surface area contributed by atoms with E-state index >= 15 is 0 Å². The third kappa shape index (κ3) is 6.03. The molecular formula is C20H20N4O3S2. The van der Waals surface area contributed by atoms with Gasteiger partial charge in [-0.2, -0.15) is 0 Å². The van der Waals surface area contributed by atoms with Gasteiger partial charge in [0.25, 0.3) is 11.6 Å². The number of nitrogens with zero attached hydrogens (tertiary/aromatic N) is 2. The quantitative estimate of drug-likeness (QED) is 0.290. The number of nitro benzene ring substituents is 1. The number of carbonyl (C=O) groups is 1. The zero-order chi connectivity index (χ0) is 20.6. The van der Waals surface area contributed by atoms with Crippen molar-refractivity contribution in [2.24, 2.45) is 0 Å². The zero-order valence-electron chi connectivity index (χ0n) is 15.8. The Hall–Kier alpha value is -2.91. The fourth-order valence-electron chi connectivity index (χ4n) is 2.54. The number of aryl methyl sites for hydroxylation is 1. The molecule has 29 heavy (non-hydrogen) atoms. The third-order valence-corrected chi connectivity index (χ3v) is 6.08. The first-order valence-corrected chi connectivity index (χ1v) is 10.7. The van der Waals surface area contributed by atoms with Crippen LogP contribution in [0.1, 0.15) is 22.5 Å². The van der Waals surface area contributed by atoms with E-state index in [1.807, 2.05) is 42.6 Å². The topological polar surface area (TPSA) is 97.2 Å². The second kappa shape index (κ2) is 10.0. The number of carbonyl (C=O) groups excluding carboxylic acids is 1. The molecule has 0 saturated carbocycles. The van der Waals surface area contributed by atoms with E-state index in [1.165, 1.54) is 29.2 Å². The molecule has 0 aliphatic carbocycles. The van der Waals surface area contributed by atoms with E-state index in [4.69, 9.17) is 0 Å². The summed E-state index contributed by atoms with van der Waals surface area (Å²) in [5.41, 5.74) is 2.07. The van der Waals surface area contributed by atoms with Gasteiger partial charge in [-0.15, -0.1) is 11.3 Å². The summed E-state index contributed by atoms with van der Waals surface area (Å²) < 4.78 is 0.730. The largest absolute Gasteiger partial charge is 0.385 e. The minimum Gasteiger partial charge on any atom is -0.385 e. The molecule has 0 fully saturated rings. The van der Waals surface area contributed by atoms with Gasteiger partial charge in [-0.05, 0) is 37.6 Å². The van der Waals surface area contributed by atoms with Gasteiger partial charge in [0.05, 0.1) is 9.82 Å². The Bertz CT molecular complexity index is 992. The summed E-state index contributed by atoms with van der Waals surface area (Å²) in [6.45, 7) is 3.06. The van der Waals surface area contributed by atoms with Crippen molar-refractivity contribution in [1.82, 2.24) is 10.3 Å². The molecule has 3 aromatic rings. The molecule has 0 unspecified atom stereocenters. The lowest BCUT2D eigenvalue weighted by molar-refractivity contribution is -0.387. The molecule has 0 spiro atoms. The van der Waals surface area contributed by atoms with Crippen molar-refractivity contribution in [3.8, 4) is 0 Å². The van der Waals surface area contributed by atoms with Crippen LogP contribution in [0.5, 0.6) is 0 Å². The van der Waals surface area contributed by atoms with Crippen LogP contribution >= 0.6 is 23.1 Å². The molecule has 3 rings (SSSR count). The molecule has 1 aromatic heterocycles. The van der Waals surface area contributed by atoms with Gasteiger partial charge in [-0.25, -0.2) is 4.98 Å². The van der Waals surface area contributed by atoms with Gasteiger partial charge in [0.1, 0.15) is 0 Å². The van der Waals surface area contributed by atoms with Crippen LogP contribution in [-0.2, 0) is 0 Å². The van der Waals surface area contributed by atoms with Gasteiger partial charge in [0.15, 0.2) is 4.34 Å². The average molecular weight is 429 g/mol. The Morgan fingerprint density at radius 1 is 1.21 bits per heavy atom. The SMILES string of the molecule is Cc1csc(Sc2ccc(C(=O)NCCCNc3ccccc3)cc2[N+](=O)[O-])n1.